The monoisotopic (exact) mass is 273 g/mol. The molecule has 0 unspecified atom stereocenters. The Morgan fingerprint density at radius 3 is 2.26 bits per heavy atom. The van der Waals surface area contributed by atoms with E-state index in [2.05, 4.69) is 50.2 Å². The lowest BCUT2D eigenvalue weighted by Crippen LogP contribution is -2.10. The van der Waals surface area contributed by atoms with E-state index in [9.17, 15) is 0 Å². The van der Waals surface area contributed by atoms with Gasteiger partial charge in [-0.2, -0.15) is 0 Å². The van der Waals surface area contributed by atoms with Crippen molar-refractivity contribution in [2.45, 2.75) is 39.5 Å². The summed E-state index contributed by atoms with van der Waals surface area (Å²) in [7, 11) is -0.0519. The van der Waals surface area contributed by atoms with Crippen LogP contribution in [0.4, 0.5) is 0 Å². The molecule has 0 saturated carbocycles. The van der Waals surface area contributed by atoms with Crippen LogP contribution < -0.4 is 5.44 Å². The summed E-state index contributed by atoms with van der Waals surface area (Å²) in [4.78, 5) is 4.91. The molecule has 0 saturated heterocycles. The maximum absolute atomic E-state index is 4.91. The number of unbranched alkanes of at least 4 members (excludes halogenated alkanes) is 2. The summed E-state index contributed by atoms with van der Waals surface area (Å²) in [6.07, 6.45) is 7.94. The van der Waals surface area contributed by atoms with Gasteiger partial charge in [-0.3, -0.25) is 0 Å². The molecule has 2 rings (SSSR count). The number of hydrogen-bond acceptors (Lipinski definition) is 1. The van der Waals surface area contributed by atoms with Crippen molar-refractivity contribution in [2.75, 3.05) is 12.3 Å². The fourth-order valence-electron chi connectivity index (χ4n) is 2.27. The van der Waals surface area contributed by atoms with E-state index in [0.717, 1.165) is 5.52 Å². The molecule has 0 aliphatic rings. The average Bonchev–Trinajstić information content (AvgIpc) is 2.47. The fraction of sp³-hybridized carbons (Fsp3) is 0.471. The first kappa shape index (κ1) is 14.5. The number of nitrogens with zero attached hydrogens (tertiary/aromatic N) is 1. The number of pyridine rings is 1. The Hall–Kier alpha value is -0.940. The van der Waals surface area contributed by atoms with Crippen LogP contribution in [-0.4, -0.2) is 17.3 Å². The number of aromatic nitrogens is 1. The van der Waals surface area contributed by atoms with Gasteiger partial charge in [0.1, 0.15) is 0 Å². The highest BCUT2D eigenvalue weighted by molar-refractivity contribution is 7.65. The lowest BCUT2D eigenvalue weighted by Gasteiger charge is -2.17. The van der Waals surface area contributed by atoms with Gasteiger partial charge in [0.15, 0.2) is 0 Å². The molecule has 2 heteroatoms. The smallest absolute Gasteiger partial charge is 0.0709 e. The molecule has 0 N–H and O–H groups in total. The zero-order valence-corrected chi connectivity index (χ0v) is 13.0. The van der Waals surface area contributed by atoms with Crippen molar-refractivity contribution < 1.29 is 0 Å². The molecule has 0 spiro atoms. The molecule has 0 radical (unpaired) electrons. The van der Waals surface area contributed by atoms with Gasteiger partial charge < -0.3 is 0 Å². The molecule has 1 heterocycles. The van der Waals surface area contributed by atoms with Crippen LogP contribution in [0.3, 0.4) is 0 Å². The highest BCUT2D eigenvalue weighted by Gasteiger charge is 2.11. The maximum atomic E-state index is 4.91. The van der Waals surface area contributed by atoms with Crippen LogP contribution in [0.25, 0.3) is 10.9 Å². The van der Waals surface area contributed by atoms with Gasteiger partial charge in [-0.15, -0.1) is 0 Å². The van der Waals surface area contributed by atoms with Crippen molar-refractivity contribution in [3.63, 3.8) is 0 Å². The van der Waals surface area contributed by atoms with Gasteiger partial charge in [0.05, 0.1) is 11.0 Å². The Labute approximate surface area is 118 Å². The van der Waals surface area contributed by atoms with Crippen LogP contribution in [0.15, 0.2) is 36.4 Å². The Morgan fingerprint density at radius 2 is 1.58 bits per heavy atom. The Balaban J connectivity index is 2.21. The highest BCUT2D eigenvalue weighted by atomic mass is 31.1. The van der Waals surface area contributed by atoms with Crippen molar-refractivity contribution in [1.29, 1.82) is 0 Å². The van der Waals surface area contributed by atoms with Crippen LogP contribution in [0.1, 0.15) is 39.5 Å². The first-order valence-electron chi connectivity index (χ1n) is 7.46. The third kappa shape index (κ3) is 4.01. The topological polar surface area (TPSA) is 12.9 Å². The quantitative estimate of drug-likeness (QED) is 0.651. The van der Waals surface area contributed by atoms with Crippen LogP contribution in [0.2, 0.25) is 0 Å². The number of hydrogen-bond donors (Lipinski definition) is 0. The SMILES string of the molecule is CCCCP(CCCC)c1ccc2ccccc2n1. The standard InChI is InChI=1S/C17H24NP/c1-3-5-13-19(14-6-4-2)17-12-11-15-9-7-8-10-16(15)18-17/h7-12H,3-6,13-14H2,1-2H3. The summed E-state index contributed by atoms with van der Waals surface area (Å²) in [6, 6.07) is 12.9. The minimum absolute atomic E-state index is 0.0519. The van der Waals surface area contributed by atoms with Crippen LogP contribution in [0.5, 0.6) is 0 Å². The Kier molecular flexibility index (Phi) is 5.79. The Bertz CT molecular complexity index is 501. The van der Waals surface area contributed by atoms with Crippen molar-refractivity contribution >= 4 is 24.3 Å². The number of benzene rings is 1. The number of fused-ring (bicyclic) bond motifs is 1. The maximum Gasteiger partial charge on any atom is 0.0709 e. The molecule has 19 heavy (non-hydrogen) atoms. The van der Waals surface area contributed by atoms with Gasteiger partial charge >= 0.3 is 0 Å². The number of rotatable bonds is 7. The Morgan fingerprint density at radius 1 is 0.895 bits per heavy atom. The summed E-state index contributed by atoms with van der Waals surface area (Å²) in [5, 5.41) is 1.26. The number of para-hydroxylation sites is 1. The molecule has 0 aliphatic heterocycles. The molecule has 2 aromatic rings. The second kappa shape index (κ2) is 7.60. The molecule has 102 valence electrons. The van der Waals surface area contributed by atoms with Crippen molar-refractivity contribution in [3.8, 4) is 0 Å². The minimum Gasteiger partial charge on any atom is -0.248 e. The molecule has 0 bridgehead atoms. The zero-order chi connectivity index (χ0) is 13.5. The highest BCUT2D eigenvalue weighted by Crippen LogP contribution is 2.36. The predicted molar refractivity (Wildman–Crippen MR) is 87.8 cm³/mol. The lowest BCUT2D eigenvalue weighted by atomic mass is 10.2. The first-order chi connectivity index (χ1) is 9.35. The second-order valence-corrected chi connectivity index (χ2v) is 7.49. The van der Waals surface area contributed by atoms with Gasteiger partial charge in [0, 0.05) is 5.39 Å². The van der Waals surface area contributed by atoms with Gasteiger partial charge in [-0.1, -0.05) is 58.9 Å². The summed E-state index contributed by atoms with van der Waals surface area (Å²) in [5.41, 5.74) is 2.51. The van der Waals surface area contributed by atoms with Crippen molar-refractivity contribution in [1.82, 2.24) is 4.98 Å². The molecular weight excluding hydrogens is 249 g/mol. The lowest BCUT2D eigenvalue weighted by molar-refractivity contribution is 0.870. The zero-order valence-electron chi connectivity index (χ0n) is 12.1. The average molecular weight is 273 g/mol. The molecule has 0 aliphatic carbocycles. The largest absolute Gasteiger partial charge is 0.248 e. The summed E-state index contributed by atoms with van der Waals surface area (Å²) in [5.74, 6) is 0. The molecule has 1 nitrogen and oxygen atoms in total. The summed E-state index contributed by atoms with van der Waals surface area (Å²) in [6.45, 7) is 4.56. The molecule has 0 atom stereocenters. The van der Waals surface area contributed by atoms with Gasteiger partial charge in [-0.25, -0.2) is 4.98 Å². The van der Waals surface area contributed by atoms with Gasteiger partial charge in [0.25, 0.3) is 0 Å². The van der Waals surface area contributed by atoms with Crippen molar-refractivity contribution in [3.05, 3.63) is 36.4 Å². The fourth-order valence-corrected chi connectivity index (χ4v) is 4.88. The van der Waals surface area contributed by atoms with E-state index >= 15 is 0 Å². The third-order valence-corrected chi connectivity index (χ3v) is 6.08. The molecule has 1 aromatic heterocycles. The van der Waals surface area contributed by atoms with E-state index in [1.807, 2.05) is 0 Å². The van der Waals surface area contributed by atoms with Crippen LogP contribution in [-0.2, 0) is 0 Å². The normalized spacial score (nSPS) is 11.3. The van der Waals surface area contributed by atoms with E-state index in [1.165, 1.54) is 48.8 Å². The summed E-state index contributed by atoms with van der Waals surface area (Å²) >= 11 is 0. The predicted octanol–water partition coefficient (Wildman–Crippen LogP) is 4.94. The first-order valence-corrected chi connectivity index (χ1v) is 9.17. The van der Waals surface area contributed by atoms with Crippen molar-refractivity contribution in [2.24, 2.45) is 0 Å². The van der Waals surface area contributed by atoms with E-state index in [-0.39, 0.29) is 7.92 Å². The molecule has 0 amide bonds. The van der Waals surface area contributed by atoms with Crippen LogP contribution >= 0.6 is 7.92 Å². The second-order valence-electron chi connectivity index (χ2n) is 5.06. The molecule has 1 aromatic carbocycles. The van der Waals surface area contributed by atoms with E-state index in [1.54, 1.807) is 0 Å². The minimum atomic E-state index is -0.0519. The molecular formula is C17H24NP. The van der Waals surface area contributed by atoms with Gasteiger partial charge in [-0.05, 0) is 37.3 Å². The van der Waals surface area contributed by atoms with E-state index in [0.29, 0.717) is 0 Å². The summed E-state index contributed by atoms with van der Waals surface area (Å²) < 4.78 is 0. The van der Waals surface area contributed by atoms with E-state index in [4.69, 9.17) is 4.98 Å². The van der Waals surface area contributed by atoms with Crippen LogP contribution in [0, 0.1) is 0 Å². The van der Waals surface area contributed by atoms with Gasteiger partial charge in [0.2, 0.25) is 0 Å². The third-order valence-electron chi connectivity index (χ3n) is 3.47. The molecule has 0 fully saturated rings. The van der Waals surface area contributed by atoms with E-state index < -0.39 is 0 Å².